The zero-order valence-electron chi connectivity index (χ0n) is 7.69. The van der Waals surface area contributed by atoms with Crippen molar-refractivity contribution >= 4 is 0 Å². The van der Waals surface area contributed by atoms with Crippen LogP contribution in [-0.2, 0) is 0 Å². The molecular weight excluding hydrogens is 146 g/mol. The largest absolute Gasteiger partial charge is 0.281 e. The predicted molar refractivity (Wildman–Crippen MR) is 51.5 cm³/mol. The third kappa shape index (κ3) is 3.46. The molecule has 1 heterocycles. The molecule has 1 rings (SSSR count). The highest BCUT2D eigenvalue weighted by atomic mass is 15.1. The SMILES string of the molecule is CCN1CC#CCCCC#CC1. The molecule has 64 valence electrons. The van der Waals surface area contributed by atoms with Crippen LogP contribution in [0.1, 0.15) is 26.2 Å². The number of nitrogens with zero attached hydrogens (tertiary/aromatic N) is 1. The van der Waals surface area contributed by atoms with Crippen LogP contribution in [0.25, 0.3) is 0 Å². The van der Waals surface area contributed by atoms with E-state index in [2.05, 4.69) is 35.5 Å². The fraction of sp³-hybridized carbons (Fsp3) is 0.636. The first-order valence-electron chi connectivity index (χ1n) is 4.57. The minimum Gasteiger partial charge on any atom is -0.281 e. The average molecular weight is 161 g/mol. The Morgan fingerprint density at radius 1 is 1.00 bits per heavy atom. The standard InChI is InChI=1S/C11H15N/c1-2-12-10-8-6-4-3-5-7-9-11-12/h2-5,10-11H2,1H3. The van der Waals surface area contributed by atoms with Crippen LogP contribution < -0.4 is 0 Å². The molecule has 0 radical (unpaired) electrons. The minimum atomic E-state index is 0.880. The summed E-state index contributed by atoms with van der Waals surface area (Å²) < 4.78 is 0. The molecule has 1 heteroatoms. The van der Waals surface area contributed by atoms with E-state index < -0.39 is 0 Å². The summed E-state index contributed by atoms with van der Waals surface area (Å²) >= 11 is 0. The smallest absolute Gasteiger partial charge is 0.0609 e. The van der Waals surface area contributed by atoms with E-state index >= 15 is 0 Å². The molecular formula is C11H15N. The van der Waals surface area contributed by atoms with Crippen molar-refractivity contribution in [2.24, 2.45) is 0 Å². The molecule has 1 nitrogen and oxygen atoms in total. The van der Waals surface area contributed by atoms with Crippen LogP contribution in [0.15, 0.2) is 0 Å². The Balaban J connectivity index is 2.45. The molecule has 0 saturated heterocycles. The number of hydrogen-bond acceptors (Lipinski definition) is 1. The van der Waals surface area contributed by atoms with E-state index in [1.807, 2.05) is 0 Å². The first kappa shape index (κ1) is 9.17. The molecule has 0 aromatic carbocycles. The predicted octanol–water partition coefficient (Wildman–Crippen LogP) is 1.50. The first-order chi connectivity index (χ1) is 5.93. The van der Waals surface area contributed by atoms with E-state index in [0.717, 1.165) is 38.9 Å². The van der Waals surface area contributed by atoms with Crippen LogP contribution in [0.5, 0.6) is 0 Å². The van der Waals surface area contributed by atoms with Gasteiger partial charge in [0.15, 0.2) is 0 Å². The molecule has 0 fully saturated rings. The molecule has 12 heavy (non-hydrogen) atoms. The fourth-order valence-electron chi connectivity index (χ4n) is 1.06. The molecule has 0 aliphatic carbocycles. The van der Waals surface area contributed by atoms with E-state index in [9.17, 15) is 0 Å². The Labute approximate surface area is 75.1 Å². The van der Waals surface area contributed by atoms with Crippen LogP contribution in [0.3, 0.4) is 0 Å². The molecule has 1 aliphatic heterocycles. The highest BCUT2D eigenvalue weighted by Crippen LogP contribution is 1.94. The lowest BCUT2D eigenvalue weighted by Gasteiger charge is -2.13. The summed E-state index contributed by atoms with van der Waals surface area (Å²) in [5.41, 5.74) is 0. The van der Waals surface area contributed by atoms with Gasteiger partial charge in [-0.3, -0.25) is 4.90 Å². The van der Waals surface area contributed by atoms with Crippen LogP contribution in [0, 0.1) is 23.7 Å². The highest BCUT2D eigenvalue weighted by molar-refractivity contribution is 5.07. The normalized spacial score (nSPS) is 18.4. The average Bonchev–Trinajstić information content (AvgIpc) is 2.14. The van der Waals surface area contributed by atoms with E-state index in [1.54, 1.807) is 0 Å². The van der Waals surface area contributed by atoms with Crippen molar-refractivity contribution in [1.29, 1.82) is 0 Å². The molecule has 0 aromatic rings. The lowest BCUT2D eigenvalue weighted by molar-refractivity contribution is 0.365. The van der Waals surface area contributed by atoms with Gasteiger partial charge in [-0.05, 0) is 13.0 Å². The zero-order valence-corrected chi connectivity index (χ0v) is 7.69. The van der Waals surface area contributed by atoms with Gasteiger partial charge in [0, 0.05) is 12.8 Å². The Bertz CT molecular complexity index is 209. The molecule has 0 atom stereocenters. The fourth-order valence-corrected chi connectivity index (χ4v) is 1.06. The third-order valence-corrected chi connectivity index (χ3v) is 1.91. The van der Waals surface area contributed by atoms with Crippen molar-refractivity contribution in [3.63, 3.8) is 0 Å². The Hall–Kier alpha value is -0.920. The Morgan fingerprint density at radius 2 is 1.58 bits per heavy atom. The molecule has 0 saturated carbocycles. The first-order valence-corrected chi connectivity index (χ1v) is 4.57. The molecule has 0 aromatic heterocycles. The second-order valence-electron chi connectivity index (χ2n) is 2.86. The lowest BCUT2D eigenvalue weighted by atomic mass is 10.2. The van der Waals surface area contributed by atoms with Gasteiger partial charge in [-0.15, -0.1) is 11.8 Å². The van der Waals surface area contributed by atoms with Crippen molar-refractivity contribution in [2.45, 2.75) is 26.2 Å². The van der Waals surface area contributed by atoms with E-state index in [4.69, 9.17) is 0 Å². The van der Waals surface area contributed by atoms with Gasteiger partial charge in [0.2, 0.25) is 0 Å². The van der Waals surface area contributed by atoms with E-state index in [-0.39, 0.29) is 0 Å². The second kappa shape index (κ2) is 5.70. The van der Waals surface area contributed by atoms with Crippen LogP contribution in [-0.4, -0.2) is 24.5 Å². The van der Waals surface area contributed by atoms with Gasteiger partial charge in [-0.25, -0.2) is 0 Å². The molecule has 0 amide bonds. The van der Waals surface area contributed by atoms with Gasteiger partial charge in [0.1, 0.15) is 0 Å². The second-order valence-corrected chi connectivity index (χ2v) is 2.86. The maximum atomic E-state index is 3.16. The van der Waals surface area contributed by atoms with Gasteiger partial charge < -0.3 is 0 Å². The van der Waals surface area contributed by atoms with Crippen molar-refractivity contribution in [2.75, 3.05) is 19.6 Å². The van der Waals surface area contributed by atoms with E-state index in [0.29, 0.717) is 0 Å². The summed E-state index contributed by atoms with van der Waals surface area (Å²) in [5.74, 6) is 12.6. The summed E-state index contributed by atoms with van der Waals surface area (Å²) in [6.07, 6.45) is 3.14. The van der Waals surface area contributed by atoms with Gasteiger partial charge >= 0.3 is 0 Å². The topological polar surface area (TPSA) is 3.24 Å². The third-order valence-electron chi connectivity index (χ3n) is 1.91. The van der Waals surface area contributed by atoms with Crippen LogP contribution >= 0.6 is 0 Å². The summed E-state index contributed by atoms with van der Waals surface area (Å²) in [7, 11) is 0. The highest BCUT2D eigenvalue weighted by Gasteiger charge is 1.96. The molecule has 1 aliphatic rings. The summed E-state index contributed by atoms with van der Waals surface area (Å²) in [6.45, 7) is 4.95. The summed E-state index contributed by atoms with van der Waals surface area (Å²) in [6, 6.07) is 0. The van der Waals surface area contributed by atoms with Crippen molar-refractivity contribution < 1.29 is 0 Å². The van der Waals surface area contributed by atoms with Gasteiger partial charge in [-0.2, -0.15) is 0 Å². The molecule has 0 unspecified atom stereocenters. The van der Waals surface area contributed by atoms with E-state index in [1.165, 1.54) is 0 Å². The maximum absolute atomic E-state index is 3.16. The quantitative estimate of drug-likeness (QED) is 0.527. The molecule has 0 N–H and O–H groups in total. The van der Waals surface area contributed by atoms with Crippen LogP contribution in [0.2, 0.25) is 0 Å². The summed E-state index contributed by atoms with van der Waals surface area (Å²) in [5, 5.41) is 0. The summed E-state index contributed by atoms with van der Waals surface area (Å²) in [4.78, 5) is 2.26. The monoisotopic (exact) mass is 161 g/mol. The Morgan fingerprint density at radius 3 is 2.08 bits per heavy atom. The van der Waals surface area contributed by atoms with Gasteiger partial charge in [-0.1, -0.05) is 18.8 Å². The number of rotatable bonds is 1. The number of hydrogen-bond donors (Lipinski definition) is 0. The van der Waals surface area contributed by atoms with Gasteiger partial charge in [0.25, 0.3) is 0 Å². The molecule has 0 bridgehead atoms. The maximum Gasteiger partial charge on any atom is 0.0609 e. The van der Waals surface area contributed by atoms with Crippen LogP contribution in [0.4, 0.5) is 0 Å². The van der Waals surface area contributed by atoms with Crippen molar-refractivity contribution in [3.8, 4) is 23.7 Å². The lowest BCUT2D eigenvalue weighted by Crippen LogP contribution is -2.24. The van der Waals surface area contributed by atoms with Crippen molar-refractivity contribution in [3.05, 3.63) is 0 Å². The molecule has 0 spiro atoms. The minimum absolute atomic E-state index is 0.880. The Kier molecular flexibility index (Phi) is 4.35. The van der Waals surface area contributed by atoms with Crippen molar-refractivity contribution in [1.82, 2.24) is 4.90 Å². The van der Waals surface area contributed by atoms with Gasteiger partial charge in [0.05, 0.1) is 13.1 Å². The zero-order chi connectivity index (χ0) is 8.65.